The lowest BCUT2D eigenvalue weighted by Crippen LogP contribution is -2.40. The van der Waals surface area contributed by atoms with Gasteiger partial charge in [0.1, 0.15) is 6.29 Å². The van der Waals surface area contributed by atoms with Gasteiger partial charge in [0.25, 0.3) is 0 Å². The molecule has 0 aliphatic rings. The maximum atomic E-state index is 13.1. The van der Waals surface area contributed by atoms with Crippen LogP contribution in [0.1, 0.15) is 342 Å². The number of nitrogens with zero attached hydrogens (tertiary/aromatic N) is 2. The van der Waals surface area contributed by atoms with Crippen LogP contribution >= 0.6 is 21.6 Å². The van der Waals surface area contributed by atoms with E-state index in [0.717, 1.165) is 127 Å². The van der Waals surface area contributed by atoms with Gasteiger partial charge >= 0.3 is 0 Å². The van der Waals surface area contributed by atoms with Crippen LogP contribution in [0, 0.1) is 0 Å². The summed E-state index contributed by atoms with van der Waals surface area (Å²) in [6, 6.07) is -0.511. The molecule has 83 heavy (non-hydrogen) atoms. The zero-order chi connectivity index (χ0) is 60.6. The van der Waals surface area contributed by atoms with E-state index in [1.165, 1.54) is 193 Å². The Balaban J connectivity index is 4.87. The zero-order valence-electron chi connectivity index (χ0n) is 55.4. The van der Waals surface area contributed by atoms with Gasteiger partial charge in [0.2, 0.25) is 5.91 Å². The number of aliphatic hydroxyl groups excluding tert-OH is 4. The van der Waals surface area contributed by atoms with Crippen molar-refractivity contribution >= 4 is 33.8 Å². The fourth-order valence-corrected chi connectivity index (χ4v) is 13.6. The Morgan fingerprint density at radius 1 is 0.361 bits per heavy atom. The highest BCUT2D eigenvalue weighted by atomic mass is 33.1. The molecular weight excluding hydrogens is 1070 g/mol. The number of amides is 1. The van der Waals surface area contributed by atoms with Crippen molar-refractivity contribution in [3.63, 3.8) is 0 Å². The molecule has 0 saturated carbocycles. The molecule has 0 aliphatic carbocycles. The first-order chi connectivity index (χ1) is 40.7. The molecule has 5 unspecified atom stereocenters. The van der Waals surface area contributed by atoms with Crippen LogP contribution in [0.4, 0.5) is 0 Å². The number of allylic oxidation sites excluding steroid dienone is 4. The molecule has 0 spiro atoms. The molecule has 1 amide bonds. The van der Waals surface area contributed by atoms with Crippen molar-refractivity contribution in [3.8, 4) is 0 Å². The maximum Gasteiger partial charge on any atom is 0.220 e. The predicted molar refractivity (Wildman–Crippen MR) is 367 cm³/mol. The third-order valence-electron chi connectivity index (χ3n) is 16.7. The number of carbonyl (C=O) groups is 2. The number of hydrogen-bond acceptors (Lipinski definition) is 10. The van der Waals surface area contributed by atoms with Gasteiger partial charge in [-0.3, -0.25) is 14.6 Å². The molecule has 0 radical (unpaired) electrons. The van der Waals surface area contributed by atoms with Crippen LogP contribution in [0.15, 0.2) is 24.3 Å². The standard InChI is InChI=1S/C72H141N3O6S2/c1-5-9-13-17-21-25-27-29-31-33-35-39-43-47-52-68(77)62-74(63-69(78)53-48-44-40-36-34-32-30-28-26-22-18-14-10-6-2)58-49-50-60-82-83-61-57-67(66-76)73-72(81)56-51-59-75(64-70(79)54-45-41-37-23-19-15-11-7-3)65-71(80)55-46-42-38-24-20-16-12-8-4/h29-32,66-71,77-80H,5-28,33-65H2,1-4H3,(H,73,81)/b31-29-,32-30-. The van der Waals surface area contributed by atoms with Crippen molar-refractivity contribution < 1.29 is 30.0 Å². The van der Waals surface area contributed by atoms with Gasteiger partial charge in [0.15, 0.2) is 0 Å². The minimum atomic E-state index is -0.511. The molecule has 0 saturated heterocycles. The minimum absolute atomic E-state index is 0.118. The number of carbonyl (C=O) groups excluding carboxylic acids is 2. The van der Waals surface area contributed by atoms with Crippen LogP contribution in [0.2, 0.25) is 0 Å². The Morgan fingerprint density at radius 2 is 0.651 bits per heavy atom. The summed E-state index contributed by atoms with van der Waals surface area (Å²) in [4.78, 5) is 29.6. The Kier molecular flexibility index (Phi) is 66.3. The summed E-state index contributed by atoms with van der Waals surface area (Å²) in [5.74, 6) is 1.64. The van der Waals surface area contributed by atoms with Crippen LogP contribution in [0.5, 0.6) is 0 Å². The first-order valence-electron chi connectivity index (χ1n) is 36.1. The highest BCUT2D eigenvalue weighted by Crippen LogP contribution is 2.24. The van der Waals surface area contributed by atoms with Gasteiger partial charge in [-0.2, -0.15) is 0 Å². The molecular formula is C72H141N3O6S2. The smallest absolute Gasteiger partial charge is 0.220 e. The molecule has 0 bridgehead atoms. The van der Waals surface area contributed by atoms with E-state index >= 15 is 0 Å². The van der Waals surface area contributed by atoms with Gasteiger partial charge < -0.3 is 30.5 Å². The Morgan fingerprint density at radius 3 is 0.976 bits per heavy atom. The molecule has 11 heteroatoms. The Bertz CT molecular complexity index is 1300. The van der Waals surface area contributed by atoms with Crippen molar-refractivity contribution in [2.24, 2.45) is 0 Å². The summed E-state index contributed by atoms with van der Waals surface area (Å²) in [5, 5.41) is 47.4. The molecule has 492 valence electrons. The number of nitrogens with one attached hydrogen (secondary N) is 1. The van der Waals surface area contributed by atoms with Crippen molar-refractivity contribution in [2.45, 2.75) is 373 Å². The van der Waals surface area contributed by atoms with Crippen LogP contribution < -0.4 is 5.32 Å². The predicted octanol–water partition coefficient (Wildman–Crippen LogP) is 19.4. The monoisotopic (exact) mass is 1210 g/mol. The average molecular weight is 1210 g/mol. The lowest BCUT2D eigenvalue weighted by atomic mass is 10.0. The Labute approximate surface area is 523 Å². The fourth-order valence-electron chi connectivity index (χ4n) is 11.4. The van der Waals surface area contributed by atoms with E-state index in [1.807, 2.05) is 10.8 Å². The molecule has 5 atom stereocenters. The van der Waals surface area contributed by atoms with Crippen molar-refractivity contribution in [1.29, 1.82) is 0 Å². The largest absolute Gasteiger partial charge is 0.392 e. The Hall–Kier alpha value is -0.920. The third-order valence-corrected chi connectivity index (χ3v) is 19.2. The second-order valence-corrected chi connectivity index (χ2v) is 28.0. The summed E-state index contributed by atoms with van der Waals surface area (Å²) in [5.41, 5.74) is 0. The van der Waals surface area contributed by atoms with Gasteiger partial charge in [-0.1, -0.05) is 279 Å². The fraction of sp³-hybridized carbons (Fsp3) is 0.917. The molecule has 0 aromatic heterocycles. The van der Waals surface area contributed by atoms with Crippen LogP contribution in [-0.2, 0) is 9.59 Å². The zero-order valence-corrected chi connectivity index (χ0v) is 57.0. The first-order valence-corrected chi connectivity index (χ1v) is 38.6. The summed E-state index contributed by atoms with van der Waals surface area (Å²) >= 11 is 0. The molecule has 0 aromatic carbocycles. The topological polar surface area (TPSA) is 134 Å². The molecule has 5 N–H and O–H groups in total. The maximum absolute atomic E-state index is 13.1. The van der Waals surface area contributed by atoms with Crippen molar-refractivity contribution in [3.05, 3.63) is 24.3 Å². The second-order valence-electron chi connectivity index (χ2n) is 25.3. The molecule has 0 aliphatic heterocycles. The average Bonchev–Trinajstić information content (AvgIpc) is 3.46. The van der Waals surface area contributed by atoms with Gasteiger partial charge in [0, 0.05) is 44.1 Å². The lowest BCUT2D eigenvalue weighted by Gasteiger charge is -2.27. The highest BCUT2D eigenvalue weighted by molar-refractivity contribution is 8.76. The van der Waals surface area contributed by atoms with E-state index in [1.54, 1.807) is 10.8 Å². The normalized spacial score (nSPS) is 14.0. The van der Waals surface area contributed by atoms with E-state index in [4.69, 9.17) is 0 Å². The van der Waals surface area contributed by atoms with E-state index in [0.29, 0.717) is 52.0 Å². The molecule has 0 rings (SSSR count). The summed E-state index contributed by atoms with van der Waals surface area (Å²) in [6.45, 7) is 12.8. The minimum Gasteiger partial charge on any atom is -0.392 e. The van der Waals surface area contributed by atoms with E-state index in [9.17, 15) is 30.0 Å². The van der Waals surface area contributed by atoms with Crippen molar-refractivity contribution in [2.75, 3.05) is 50.8 Å². The number of hydrogen-bond donors (Lipinski definition) is 5. The number of aldehydes is 1. The van der Waals surface area contributed by atoms with Crippen molar-refractivity contribution in [1.82, 2.24) is 15.1 Å². The summed E-state index contributed by atoms with van der Waals surface area (Å²) in [7, 11) is 3.58. The number of rotatable bonds is 69. The van der Waals surface area contributed by atoms with Gasteiger partial charge in [0.05, 0.1) is 30.5 Å². The second kappa shape index (κ2) is 67.0. The lowest BCUT2D eigenvalue weighted by molar-refractivity contribution is -0.124. The third kappa shape index (κ3) is 62.5. The summed E-state index contributed by atoms with van der Waals surface area (Å²) < 4.78 is 0. The molecule has 0 aromatic rings. The summed E-state index contributed by atoms with van der Waals surface area (Å²) in [6.07, 6.45) is 65.5. The van der Waals surface area contributed by atoms with Crippen LogP contribution in [0.3, 0.4) is 0 Å². The van der Waals surface area contributed by atoms with Gasteiger partial charge in [-0.05, 0) is 116 Å². The number of unbranched alkanes of at least 4 members (excludes halogenated alkanes) is 35. The molecule has 0 heterocycles. The molecule has 0 fully saturated rings. The SMILES string of the molecule is CCCCCCCC/C=C\CCCCCCC(O)CN(CCCCSSCCC(C=O)NC(=O)CCCN(CC(O)CCCCCCCCCC)CC(O)CCCCCCCCCC)CC(O)CCCCCC/C=C\CCCCCCCC. The van der Waals surface area contributed by atoms with E-state index in [-0.39, 0.29) is 18.1 Å². The van der Waals surface area contributed by atoms with Crippen LogP contribution in [-0.4, -0.2) is 124 Å². The highest BCUT2D eigenvalue weighted by Gasteiger charge is 2.19. The quantitative estimate of drug-likeness (QED) is 0.0173. The number of aliphatic hydroxyl groups is 4. The first kappa shape index (κ1) is 82.1. The van der Waals surface area contributed by atoms with Gasteiger partial charge in [-0.25, -0.2) is 0 Å². The van der Waals surface area contributed by atoms with Crippen LogP contribution in [0.25, 0.3) is 0 Å². The molecule has 9 nitrogen and oxygen atoms in total. The van der Waals surface area contributed by atoms with E-state index < -0.39 is 18.2 Å². The van der Waals surface area contributed by atoms with E-state index in [2.05, 4.69) is 67.1 Å². The van der Waals surface area contributed by atoms with Gasteiger partial charge in [-0.15, -0.1) is 0 Å².